The Kier molecular flexibility index (Phi) is 35.9. The number of allylic oxidation sites excluding steroid dienone is 19. The van der Waals surface area contributed by atoms with Gasteiger partial charge in [-0.05, 0) is 83.5 Å². The maximum atomic E-state index is 13.0. The van der Waals surface area contributed by atoms with Gasteiger partial charge in [0.1, 0.15) is 55.4 Å². The van der Waals surface area contributed by atoms with Gasteiger partial charge in [0.2, 0.25) is 0 Å². The third-order valence-electron chi connectivity index (χ3n) is 11.0. The van der Waals surface area contributed by atoms with Crippen LogP contribution in [0.15, 0.2) is 122 Å². The summed E-state index contributed by atoms with van der Waals surface area (Å²) in [7, 11) is 0. The summed E-state index contributed by atoms with van der Waals surface area (Å²) in [6, 6.07) is 0. The molecule has 2 rings (SSSR count). The number of hydrogen-bond acceptors (Lipinski definition) is 15. The lowest BCUT2D eigenvalue weighted by Gasteiger charge is -2.42. The Labute approximate surface area is 416 Å². The second-order valence-corrected chi connectivity index (χ2v) is 16.9. The summed E-state index contributed by atoms with van der Waals surface area (Å²) < 4.78 is 33.4. The fourth-order valence-electron chi connectivity index (χ4n) is 6.90. The molecule has 11 atom stereocenters. The van der Waals surface area contributed by atoms with Crippen molar-refractivity contribution in [2.45, 2.75) is 184 Å². The van der Waals surface area contributed by atoms with E-state index in [0.717, 1.165) is 77.0 Å². The first-order valence-corrected chi connectivity index (χ1v) is 25.1. The third-order valence-corrected chi connectivity index (χ3v) is 11.0. The molecule has 15 heteroatoms. The lowest BCUT2D eigenvalue weighted by molar-refractivity contribution is -0.332. The largest absolute Gasteiger partial charge is 0.461 e. The molecule has 0 aromatic heterocycles. The first-order chi connectivity index (χ1) is 34.0. The first-order valence-electron chi connectivity index (χ1n) is 25.1. The van der Waals surface area contributed by atoms with Crippen LogP contribution in [0.5, 0.6) is 0 Å². The van der Waals surface area contributed by atoms with E-state index in [9.17, 15) is 45.3 Å². The molecule has 394 valence electrons. The molecule has 2 saturated heterocycles. The third kappa shape index (κ3) is 28.1. The second kappa shape index (κ2) is 40.5. The molecule has 11 unspecified atom stereocenters. The highest BCUT2D eigenvalue weighted by molar-refractivity contribution is 5.71. The van der Waals surface area contributed by atoms with Crippen molar-refractivity contribution in [2.24, 2.45) is 0 Å². The highest BCUT2D eigenvalue weighted by Gasteiger charge is 2.47. The fourth-order valence-corrected chi connectivity index (χ4v) is 6.90. The second-order valence-electron chi connectivity index (χ2n) is 16.9. The number of hydrogen-bond donors (Lipinski definition) is 7. The van der Waals surface area contributed by atoms with E-state index in [4.69, 9.17) is 28.4 Å². The lowest BCUT2D eigenvalue weighted by atomic mass is 9.98. The quantitative estimate of drug-likeness (QED) is 0.0192. The van der Waals surface area contributed by atoms with Crippen molar-refractivity contribution >= 4 is 11.9 Å². The monoisotopic (exact) mass is 985 g/mol. The molecule has 0 spiro atoms. The molecule has 2 heterocycles. The molecule has 70 heavy (non-hydrogen) atoms. The van der Waals surface area contributed by atoms with Gasteiger partial charge in [0.05, 0.1) is 26.2 Å². The maximum Gasteiger partial charge on any atom is 0.309 e. The summed E-state index contributed by atoms with van der Waals surface area (Å²) in [6.07, 6.45) is 36.8. The number of carbonyl (C=O) groups is 2. The Hall–Kier alpha value is -4.10. The van der Waals surface area contributed by atoms with Crippen LogP contribution in [0.25, 0.3) is 0 Å². The van der Waals surface area contributed by atoms with Crippen LogP contribution < -0.4 is 0 Å². The van der Waals surface area contributed by atoms with E-state index in [0.29, 0.717) is 12.8 Å². The summed E-state index contributed by atoms with van der Waals surface area (Å²) in [6.45, 7) is 2.18. The Morgan fingerprint density at radius 1 is 0.471 bits per heavy atom. The van der Waals surface area contributed by atoms with Gasteiger partial charge in [0, 0.05) is 6.42 Å². The first kappa shape index (κ1) is 62.0. The number of rotatable bonds is 36. The smallest absolute Gasteiger partial charge is 0.309 e. The minimum Gasteiger partial charge on any atom is -0.461 e. The van der Waals surface area contributed by atoms with Crippen molar-refractivity contribution in [2.75, 3.05) is 26.4 Å². The van der Waals surface area contributed by atoms with Crippen LogP contribution >= 0.6 is 0 Å². The topological polar surface area (TPSA) is 231 Å². The normalized spacial score (nSPS) is 26.4. The molecule has 2 aliphatic rings. The number of aliphatic hydroxyl groups excluding tert-OH is 7. The Morgan fingerprint density at radius 3 is 1.39 bits per heavy atom. The predicted octanol–water partition coefficient (Wildman–Crippen LogP) is 6.93. The van der Waals surface area contributed by atoms with E-state index in [1.54, 1.807) is 6.08 Å². The highest BCUT2D eigenvalue weighted by Crippen LogP contribution is 2.26. The van der Waals surface area contributed by atoms with Gasteiger partial charge in [-0.15, -0.1) is 0 Å². The van der Waals surface area contributed by atoms with Gasteiger partial charge in [0.25, 0.3) is 0 Å². The Bertz CT molecular complexity index is 1680. The van der Waals surface area contributed by atoms with E-state index < -0.39 is 99.3 Å². The van der Waals surface area contributed by atoms with Crippen molar-refractivity contribution in [1.82, 2.24) is 0 Å². The van der Waals surface area contributed by atoms with E-state index in [-0.39, 0.29) is 19.4 Å². The van der Waals surface area contributed by atoms with Crippen molar-refractivity contribution in [3.63, 3.8) is 0 Å². The average Bonchev–Trinajstić information content (AvgIpc) is 3.35. The van der Waals surface area contributed by atoms with E-state index in [1.165, 1.54) is 0 Å². The van der Waals surface area contributed by atoms with E-state index >= 15 is 0 Å². The molecular formula is C55H84O15. The minimum atomic E-state index is -1.79. The van der Waals surface area contributed by atoms with Crippen LogP contribution in [0, 0.1) is 0 Å². The van der Waals surface area contributed by atoms with E-state index in [2.05, 4.69) is 111 Å². The van der Waals surface area contributed by atoms with Crippen molar-refractivity contribution < 1.29 is 73.8 Å². The van der Waals surface area contributed by atoms with Gasteiger partial charge in [-0.25, -0.2) is 0 Å². The van der Waals surface area contributed by atoms with Gasteiger partial charge in [0.15, 0.2) is 18.7 Å². The summed E-state index contributed by atoms with van der Waals surface area (Å²) in [5.41, 5.74) is 0. The standard InChI is InChI=1S/C55H84O15/c1-3-5-7-9-11-13-15-17-19-20-21-22-24-26-28-30-32-34-36-38-47(58)68-43(40-65-46(57)37-35-33-31-29-27-25-23-18-16-14-12-10-8-6-4-2)41-66-54-53(64)51(62)49(60)45(70-54)42-67-55-52(63)50(61)48(59)44(39-56)69-55/h5-8,11-14,17-19,21-23,26-29,33,35,43-45,48-56,59-64H,3-4,9-10,15-16,20,24-25,30-32,34,36-42H2,1-2H3/b7-5-,8-6-,13-11-,14-12-,19-17-,22-21-,23-18-,28-26-,29-27-,35-33-. The Morgan fingerprint density at radius 2 is 0.900 bits per heavy atom. The van der Waals surface area contributed by atoms with Crippen LogP contribution in [0.2, 0.25) is 0 Å². The number of ether oxygens (including phenoxy) is 6. The molecule has 2 aliphatic heterocycles. The zero-order valence-electron chi connectivity index (χ0n) is 41.4. The number of aliphatic hydroxyl groups is 7. The van der Waals surface area contributed by atoms with Crippen molar-refractivity contribution in [3.05, 3.63) is 122 Å². The summed E-state index contributed by atoms with van der Waals surface area (Å²) in [5, 5.41) is 72.1. The fraction of sp³-hybridized carbons (Fsp3) is 0.600. The van der Waals surface area contributed by atoms with Crippen molar-refractivity contribution in [3.8, 4) is 0 Å². The molecule has 0 amide bonds. The number of unbranched alkanes of at least 4 members (excludes halogenated alkanes) is 3. The predicted molar refractivity (Wildman–Crippen MR) is 270 cm³/mol. The van der Waals surface area contributed by atoms with Gasteiger partial charge in [-0.3, -0.25) is 9.59 Å². The van der Waals surface area contributed by atoms with Crippen LogP contribution in [0.1, 0.15) is 117 Å². The molecule has 0 aromatic carbocycles. The zero-order chi connectivity index (χ0) is 51.0. The summed E-state index contributed by atoms with van der Waals surface area (Å²) in [5.74, 6) is -1.13. The molecule has 0 saturated carbocycles. The van der Waals surface area contributed by atoms with Crippen LogP contribution in [0.4, 0.5) is 0 Å². The lowest BCUT2D eigenvalue weighted by Crippen LogP contribution is -2.61. The molecule has 0 aromatic rings. The molecule has 0 aliphatic carbocycles. The number of esters is 2. The SMILES string of the molecule is CC/C=C\C/C=C\C/C=C\C/C=C\C/C=C\CCCCCC(=O)OC(COC(=O)C/C=C\C/C=C\C/C=C\C/C=C\C/C=C\CC)COC1OC(COC2OC(CO)C(O)C(O)C2O)C(O)C(O)C1O. The molecule has 7 N–H and O–H groups in total. The summed E-state index contributed by atoms with van der Waals surface area (Å²) >= 11 is 0. The summed E-state index contributed by atoms with van der Waals surface area (Å²) in [4.78, 5) is 25.7. The average molecular weight is 985 g/mol. The molecule has 0 bridgehead atoms. The molecule has 0 radical (unpaired) electrons. The van der Waals surface area contributed by atoms with Crippen LogP contribution in [0.3, 0.4) is 0 Å². The zero-order valence-corrected chi connectivity index (χ0v) is 41.4. The highest BCUT2D eigenvalue weighted by atomic mass is 16.7. The maximum absolute atomic E-state index is 13.0. The van der Waals surface area contributed by atoms with Crippen LogP contribution in [-0.4, -0.2) is 142 Å². The van der Waals surface area contributed by atoms with Gasteiger partial charge in [-0.2, -0.15) is 0 Å². The van der Waals surface area contributed by atoms with Gasteiger partial charge >= 0.3 is 11.9 Å². The van der Waals surface area contributed by atoms with Gasteiger partial charge in [-0.1, -0.05) is 142 Å². The molecule has 15 nitrogen and oxygen atoms in total. The van der Waals surface area contributed by atoms with Crippen LogP contribution in [-0.2, 0) is 38.0 Å². The van der Waals surface area contributed by atoms with Gasteiger partial charge < -0.3 is 64.2 Å². The van der Waals surface area contributed by atoms with Crippen molar-refractivity contribution in [1.29, 1.82) is 0 Å². The minimum absolute atomic E-state index is 0.0302. The molecular weight excluding hydrogens is 901 g/mol. The molecule has 2 fully saturated rings. The Balaban J connectivity index is 1.88. The number of carbonyl (C=O) groups excluding carboxylic acids is 2. The van der Waals surface area contributed by atoms with E-state index in [1.807, 2.05) is 18.2 Å².